The lowest BCUT2D eigenvalue weighted by Gasteiger charge is -2.07. The van der Waals surface area contributed by atoms with E-state index in [1.165, 1.54) is 5.56 Å². The molecular weight excluding hydrogens is 162 g/mol. The summed E-state index contributed by atoms with van der Waals surface area (Å²) in [6, 6.07) is 0.245. The number of nitrogens with zero attached hydrogens (tertiary/aromatic N) is 2. The van der Waals surface area contributed by atoms with E-state index in [0.29, 0.717) is 0 Å². The molecule has 2 N–H and O–H groups in total. The van der Waals surface area contributed by atoms with E-state index in [1.807, 2.05) is 13.8 Å². The Morgan fingerprint density at radius 1 is 1.38 bits per heavy atom. The highest BCUT2D eigenvalue weighted by atomic mass is 14.8. The minimum absolute atomic E-state index is 0.245. The summed E-state index contributed by atoms with van der Waals surface area (Å²) in [5, 5.41) is 0. The zero-order valence-electron chi connectivity index (χ0n) is 8.54. The van der Waals surface area contributed by atoms with Gasteiger partial charge in [0.25, 0.3) is 0 Å². The Bertz CT molecular complexity index is 281. The van der Waals surface area contributed by atoms with Crippen LogP contribution in [0.25, 0.3) is 0 Å². The Morgan fingerprint density at radius 3 is 2.69 bits per heavy atom. The fraction of sp³-hybridized carbons (Fsp3) is 0.600. The number of rotatable bonds is 3. The van der Waals surface area contributed by atoms with Gasteiger partial charge in [0.2, 0.25) is 0 Å². The summed E-state index contributed by atoms with van der Waals surface area (Å²) in [7, 11) is 0. The van der Waals surface area contributed by atoms with Crippen molar-refractivity contribution >= 4 is 0 Å². The Kier molecular flexibility index (Phi) is 3.37. The van der Waals surface area contributed by atoms with Gasteiger partial charge in [0.15, 0.2) is 0 Å². The molecule has 3 nitrogen and oxygen atoms in total. The minimum Gasteiger partial charge on any atom is -0.328 e. The molecule has 0 bridgehead atoms. The summed E-state index contributed by atoms with van der Waals surface area (Å²) in [6.45, 7) is 6.08. The fourth-order valence-corrected chi connectivity index (χ4v) is 1.20. The number of nitrogens with two attached hydrogens (primary N) is 1. The van der Waals surface area contributed by atoms with Crippen LogP contribution in [0.5, 0.6) is 0 Å². The van der Waals surface area contributed by atoms with Crippen LogP contribution < -0.4 is 5.73 Å². The third kappa shape index (κ3) is 2.77. The average molecular weight is 179 g/mol. The first-order valence-corrected chi connectivity index (χ1v) is 4.64. The third-order valence-electron chi connectivity index (χ3n) is 2.28. The van der Waals surface area contributed by atoms with Crippen LogP contribution in [0, 0.1) is 13.8 Å². The molecule has 72 valence electrons. The Labute approximate surface area is 79.4 Å². The first kappa shape index (κ1) is 10.1. The van der Waals surface area contributed by atoms with Gasteiger partial charge < -0.3 is 5.73 Å². The lowest BCUT2D eigenvalue weighted by Crippen LogP contribution is -2.16. The summed E-state index contributed by atoms with van der Waals surface area (Å²) >= 11 is 0. The van der Waals surface area contributed by atoms with Gasteiger partial charge in [-0.2, -0.15) is 0 Å². The average Bonchev–Trinajstić information content (AvgIpc) is 2.07. The molecule has 1 atom stereocenters. The highest BCUT2D eigenvalue weighted by Crippen LogP contribution is 2.09. The zero-order chi connectivity index (χ0) is 9.84. The van der Waals surface area contributed by atoms with Crippen LogP contribution in [0.4, 0.5) is 0 Å². The molecule has 1 aromatic heterocycles. The molecule has 1 aromatic rings. The maximum Gasteiger partial charge on any atom is 0.115 e. The van der Waals surface area contributed by atoms with Crippen LogP contribution in [0.1, 0.15) is 30.3 Å². The highest BCUT2D eigenvalue weighted by molar-refractivity contribution is 5.21. The van der Waals surface area contributed by atoms with Gasteiger partial charge in [0, 0.05) is 17.4 Å². The second-order valence-corrected chi connectivity index (χ2v) is 3.55. The molecule has 0 aliphatic carbocycles. The minimum atomic E-state index is 0.245. The Morgan fingerprint density at radius 2 is 2.08 bits per heavy atom. The van der Waals surface area contributed by atoms with Crippen LogP contribution in [0.15, 0.2) is 6.33 Å². The third-order valence-corrected chi connectivity index (χ3v) is 2.28. The number of aromatic nitrogens is 2. The molecule has 0 aromatic carbocycles. The van der Waals surface area contributed by atoms with E-state index in [-0.39, 0.29) is 6.04 Å². The molecule has 1 rings (SSSR count). The van der Waals surface area contributed by atoms with Gasteiger partial charge >= 0.3 is 0 Å². The molecule has 0 saturated heterocycles. The van der Waals surface area contributed by atoms with Crippen LogP contribution in [-0.4, -0.2) is 16.0 Å². The monoisotopic (exact) mass is 179 g/mol. The van der Waals surface area contributed by atoms with E-state index in [9.17, 15) is 0 Å². The summed E-state index contributed by atoms with van der Waals surface area (Å²) in [5.41, 5.74) is 9.08. The number of aryl methyl sites for hydroxylation is 2. The first-order valence-electron chi connectivity index (χ1n) is 4.64. The number of hydrogen-bond acceptors (Lipinski definition) is 3. The number of hydrogen-bond donors (Lipinski definition) is 1. The summed E-state index contributed by atoms with van der Waals surface area (Å²) in [5.74, 6) is 0. The van der Waals surface area contributed by atoms with E-state index >= 15 is 0 Å². The van der Waals surface area contributed by atoms with Gasteiger partial charge in [-0.05, 0) is 39.2 Å². The van der Waals surface area contributed by atoms with E-state index in [0.717, 1.165) is 24.2 Å². The van der Waals surface area contributed by atoms with Crippen molar-refractivity contribution in [3.05, 3.63) is 23.3 Å². The van der Waals surface area contributed by atoms with Crippen molar-refractivity contribution in [2.45, 2.75) is 39.7 Å². The van der Waals surface area contributed by atoms with Gasteiger partial charge in [-0.15, -0.1) is 0 Å². The normalized spacial score (nSPS) is 12.9. The van der Waals surface area contributed by atoms with Crippen LogP contribution >= 0.6 is 0 Å². The van der Waals surface area contributed by atoms with E-state index in [4.69, 9.17) is 5.73 Å². The predicted molar refractivity (Wildman–Crippen MR) is 53.5 cm³/mol. The molecule has 0 aliphatic rings. The van der Waals surface area contributed by atoms with Crippen molar-refractivity contribution in [3.8, 4) is 0 Å². The smallest absolute Gasteiger partial charge is 0.115 e. The maximum atomic E-state index is 5.68. The topological polar surface area (TPSA) is 51.8 Å². The van der Waals surface area contributed by atoms with Crippen molar-refractivity contribution in [2.24, 2.45) is 5.73 Å². The van der Waals surface area contributed by atoms with Crippen molar-refractivity contribution in [1.82, 2.24) is 9.97 Å². The quantitative estimate of drug-likeness (QED) is 0.762. The lowest BCUT2D eigenvalue weighted by atomic mass is 10.1. The van der Waals surface area contributed by atoms with Crippen LogP contribution in [0.3, 0.4) is 0 Å². The summed E-state index contributed by atoms with van der Waals surface area (Å²) in [4.78, 5) is 8.37. The van der Waals surface area contributed by atoms with Gasteiger partial charge in [-0.1, -0.05) is 0 Å². The first-order chi connectivity index (χ1) is 6.11. The van der Waals surface area contributed by atoms with E-state index in [2.05, 4.69) is 16.9 Å². The Hall–Kier alpha value is -0.960. The molecule has 0 radical (unpaired) electrons. The second-order valence-electron chi connectivity index (χ2n) is 3.55. The molecule has 0 spiro atoms. The molecule has 1 unspecified atom stereocenters. The second kappa shape index (κ2) is 4.33. The summed E-state index contributed by atoms with van der Waals surface area (Å²) < 4.78 is 0. The zero-order valence-corrected chi connectivity index (χ0v) is 8.54. The van der Waals surface area contributed by atoms with Gasteiger partial charge in [-0.3, -0.25) is 0 Å². The standard InChI is InChI=1S/C10H17N3/c1-7(11)4-5-10-8(2)9(3)12-6-13-10/h6-7H,4-5,11H2,1-3H3. The molecule has 13 heavy (non-hydrogen) atoms. The van der Waals surface area contributed by atoms with Gasteiger partial charge in [0.1, 0.15) is 6.33 Å². The van der Waals surface area contributed by atoms with Crippen molar-refractivity contribution in [3.63, 3.8) is 0 Å². The maximum absolute atomic E-state index is 5.68. The van der Waals surface area contributed by atoms with Crippen LogP contribution in [-0.2, 0) is 6.42 Å². The SMILES string of the molecule is Cc1ncnc(CCC(C)N)c1C. The molecular formula is C10H17N3. The van der Waals surface area contributed by atoms with Crippen molar-refractivity contribution in [2.75, 3.05) is 0 Å². The van der Waals surface area contributed by atoms with Crippen molar-refractivity contribution < 1.29 is 0 Å². The Balaban J connectivity index is 2.71. The largest absolute Gasteiger partial charge is 0.328 e. The molecule has 0 amide bonds. The highest BCUT2D eigenvalue weighted by Gasteiger charge is 2.04. The molecule has 3 heteroatoms. The molecule has 1 heterocycles. The lowest BCUT2D eigenvalue weighted by molar-refractivity contribution is 0.654. The molecule has 0 saturated carbocycles. The molecule has 0 aliphatic heterocycles. The van der Waals surface area contributed by atoms with Gasteiger partial charge in [-0.25, -0.2) is 9.97 Å². The summed E-state index contributed by atoms with van der Waals surface area (Å²) in [6.07, 6.45) is 3.56. The predicted octanol–water partition coefficient (Wildman–Crippen LogP) is 1.37. The fourth-order valence-electron chi connectivity index (χ4n) is 1.20. The van der Waals surface area contributed by atoms with Crippen LogP contribution in [0.2, 0.25) is 0 Å². The van der Waals surface area contributed by atoms with Crippen molar-refractivity contribution in [1.29, 1.82) is 0 Å². The van der Waals surface area contributed by atoms with Gasteiger partial charge in [0.05, 0.1) is 0 Å². The van der Waals surface area contributed by atoms with E-state index < -0.39 is 0 Å². The molecule has 0 fully saturated rings. The van der Waals surface area contributed by atoms with E-state index in [1.54, 1.807) is 6.33 Å².